The van der Waals surface area contributed by atoms with Gasteiger partial charge in [0, 0.05) is 0 Å². The Morgan fingerprint density at radius 2 is 2.22 bits per heavy atom. The summed E-state index contributed by atoms with van der Waals surface area (Å²) in [5.41, 5.74) is 6.96. The number of nitrogens with zero attached hydrogens (tertiary/aromatic N) is 2. The summed E-state index contributed by atoms with van der Waals surface area (Å²) in [6, 6.07) is 5.21. The second kappa shape index (κ2) is 5.50. The molecular formula is C12H16N4O2. The normalized spacial score (nSPS) is 12.2. The molecular weight excluding hydrogens is 232 g/mol. The fourth-order valence-corrected chi connectivity index (χ4v) is 1.68. The molecule has 18 heavy (non-hydrogen) atoms. The van der Waals surface area contributed by atoms with E-state index in [-0.39, 0.29) is 6.04 Å². The Hall–Kier alpha value is -2.08. The zero-order chi connectivity index (χ0) is 13.0. The number of nitrogens with two attached hydrogens (primary N) is 1. The number of aromatic amines is 1. The highest BCUT2D eigenvalue weighted by molar-refractivity contribution is 5.44. The molecule has 96 valence electrons. The lowest BCUT2D eigenvalue weighted by Gasteiger charge is -2.13. The molecule has 0 amide bonds. The van der Waals surface area contributed by atoms with Gasteiger partial charge in [0.1, 0.15) is 12.2 Å². The molecule has 6 nitrogen and oxygen atoms in total. The lowest BCUT2D eigenvalue weighted by atomic mass is 10.1. The van der Waals surface area contributed by atoms with Gasteiger partial charge in [-0.3, -0.25) is 5.10 Å². The molecule has 0 bridgehead atoms. The van der Waals surface area contributed by atoms with E-state index in [1.807, 2.05) is 25.1 Å². The number of hydrogen-bond donors (Lipinski definition) is 2. The number of hydrogen-bond acceptors (Lipinski definition) is 5. The van der Waals surface area contributed by atoms with Gasteiger partial charge in [-0.15, -0.1) is 0 Å². The van der Waals surface area contributed by atoms with Crippen molar-refractivity contribution in [3.05, 3.63) is 35.9 Å². The molecule has 2 aromatic rings. The van der Waals surface area contributed by atoms with Crippen molar-refractivity contribution in [2.75, 3.05) is 13.7 Å². The summed E-state index contributed by atoms with van der Waals surface area (Å²) < 4.78 is 10.7. The SMILES string of the molecule is CCOc1ccc(C(N)c2ncn[nH]2)cc1OC. The van der Waals surface area contributed by atoms with Gasteiger partial charge in [-0.1, -0.05) is 6.07 Å². The van der Waals surface area contributed by atoms with Gasteiger partial charge in [0.15, 0.2) is 11.5 Å². The molecule has 0 spiro atoms. The van der Waals surface area contributed by atoms with Crippen molar-refractivity contribution in [2.24, 2.45) is 5.73 Å². The highest BCUT2D eigenvalue weighted by Crippen LogP contribution is 2.30. The van der Waals surface area contributed by atoms with E-state index in [1.165, 1.54) is 6.33 Å². The van der Waals surface area contributed by atoms with Crippen LogP contribution >= 0.6 is 0 Å². The van der Waals surface area contributed by atoms with Crippen LogP contribution in [0, 0.1) is 0 Å². The summed E-state index contributed by atoms with van der Waals surface area (Å²) in [4.78, 5) is 4.04. The van der Waals surface area contributed by atoms with Crippen LogP contribution in [0.3, 0.4) is 0 Å². The maximum atomic E-state index is 6.08. The predicted molar refractivity (Wildman–Crippen MR) is 66.6 cm³/mol. The molecule has 2 rings (SSSR count). The Bertz CT molecular complexity index is 499. The molecule has 0 radical (unpaired) electrons. The summed E-state index contributed by atoms with van der Waals surface area (Å²) in [5.74, 6) is 1.97. The number of nitrogens with one attached hydrogen (secondary N) is 1. The molecule has 1 aromatic carbocycles. The Balaban J connectivity index is 2.29. The van der Waals surface area contributed by atoms with Crippen molar-refractivity contribution in [1.29, 1.82) is 0 Å². The van der Waals surface area contributed by atoms with Crippen molar-refractivity contribution in [3.8, 4) is 11.5 Å². The number of benzene rings is 1. The lowest BCUT2D eigenvalue weighted by molar-refractivity contribution is 0.310. The first kappa shape index (κ1) is 12.4. The first-order chi connectivity index (χ1) is 8.76. The second-order valence-electron chi connectivity index (χ2n) is 3.69. The van der Waals surface area contributed by atoms with Crippen LogP contribution < -0.4 is 15.2 Å². The smallest absolute Gasteiger partial charge is 0.161 e. The van der Waals surface area contributed by atoms with E-state index < -0.39 is 0 Å². The number of ether oxygens (including phenoxy) is 2. The van der Waals surface area contributed by atoms with Crippen LogP contribution in [0.1, 0.15) is 24.4 Å². The van der Waals surface area contributed by atoms with E-state index in [0.717, 1.165) is 5.56 Å². The van der Waals surface area contributed by atoms with Gasteiger partial charge < -0.3 is 15.2 Å². The van der Waals surface area contributed by atoms with Gasteiger partial charge >= 0.3 is 0 Å². The molecule has 0 saturated heterocycles. The lowest BCUT2D eigenvalue weighted by Crippen LogP contribution is -2.14. The average molecular weight is 248 g/mol. The van der Waals surface area contributed by atoms with E-state index in [2.05, 4.69) is 15.2 Å². The minimum atomic E-state index is -0.364. The molecule has 0 aliphatic carbocycles. The Morgan fingerprint density at radius 1 is 1.39 bits per heavy atom. The molecule has 0 aliphatic rings. The first-order valence-corrected chi connectivity index (χ1v) is 5.67. The van der Waals surface area contributed by atoms with Crippen molar-refractivity contribution in [2.45, 2.75) is 13.0 Å². The number of H-pyrrole nitrogens is 1. The summed E-state index contributed by atoms with van der Waals surface area (Å²) in [6.07, 6.45) is 1.43. The van der Waals surface area contributed by atoms with Crippen molar-refractivity contribution in [1.82, 2.24) is 15.2 Å². The van der Waals surface area contributed by atoms with Crippen LogP contribution in [0.5, 0.6) is 11.5 Å². The molecule has 0 fully saturated rings. The third kappa shape index (κ3) is 2.43. The number of aromatic nitrogens is 3. The number of rotatable bonds is 5. The fraction of sp³-hybridized carbons (Fsp3) is 0.333. The first-order valence-electron chi connectivity index (χ1n) is 5.67. The van der Waals surface area contributed by atoms with Crippen LogP contribution in [0.4, 0.5) is 0 Å². The molecule has 0 saturated carbocycles. The van der Waals surface area contributed by atoms with Gasteiger partial charge in [0.2, 0.25) is 0 Å². The Labute approximate surface area is 105 Å². The van der Waals surface area contributed by atoms with Crippen molar-refractivity contribution < 1.29 is 9.47 Å². The molecule has 1 heterocycles. The molecule has 1 unspecified atom stereocenters. The van der Waals surface area contributed by atoms with Crippen LogP contribution in [0.25, 0.3) is 0 Å². The van der Waals surface area contributed by atoms with E-state index >= 15 is 0 Å². The van der Waals surface area contributed by atoms with Crippen LogP contribution in [0.15, 0.2) is 24.5 Å². The molecule has 1 aromatic heterocycles. The van der Waals surface area contributed by atoms with E-state index in [0.29, 0.717) is 23.9 Å². The van der Waals surface area contributed by atoms with Crippen molar-refractivity contribution >= 4 is 0 Å². The molecule has 1 atom stereocenters. The topological polar surface area (TPSA) is 86.0 Å². The van der Waals surface area contributed by atoms with Crippen LogP contribution in [-0.4, -0.2) is 28.9 Å². The minimum absolute atomic E-state index is 0.364. The zero-order valence-electron chi connectivity index (χ0n) is 10.4. The third-order valence-electron chi connectivity index (χ3n) is 2.57. The fourth-order valence-electron chi connectivity index (χ4n) is 1.68. The number of methoxy groups -OCH3 is 1. The van der Waals surface area contributed by atoms with E-state index in [1.54, 1.807) is 7.11 Å². The maximum Gasteiger partial charge on any atom is 0.161 e. The third-order valence-corrected chi connectivity index (χ3v) is 2.57. The summed E-state index contributed by atoms with van der Waals surface area (Å²) in [6.45, 7) is 2.51. The molecule has 0 aliphatic heterocycles. The van der Waals surface area contributed by atoms with E-state index in [4.69, 9.17) is 15.2 Å². The highest BCUT2D eigenvalue weighted by atomic mass is 16.5. The summed E-state index contributed by atoms with van der Waals surface area (Å²) in [5, 5.41) is 6.54. The van der Waals surface area contributed by atoms with Gasteiger partial charge in [-0.05, 0) is 24.6 Å². The largest absolute Gasteiger partial charge is 0.493 e. The van der Waals surface area contributed by atoms with Gasteiger partial charge in [0.25, 0.3) is 0 Å². The predicted octanol–water partition coefficient (Wildman–Crippen LogP) is 1.26. The second-order valence-corrected chi connectivity index (χ2v) is 3.69. The maximum absolute atomic E-state index is 6.08. The molecule has 6 heteroatoms. The quantitative estimate of drug-likeness (QED) is 0.832. The zero-order valence-corrected chi connectivity index (χ0v) is 10.4. The van der Waals surface area contributed by atoms with Gasteiger partial charge in [-0.2, -0.15) is 5.10 Å². The Kier molecular flexibility index (Phi) is 3.78. The van der Waals surface area contributed by atoms with E-state index in [9.17, 15) is 0 Å². The monoisotopic (exact) mass is 248 g/mol. The molecule has 3 N–H and O–H groups in total. The van der Waals surface area contributed by atoms with Crippen LogP contribution in [-0.2, 0) is 0 Å². The summed E-state index contributed by atoms with van der Waals surface area (Å²) >= 11 is 0. The van der Waals surface area contributed by atoms with Gasteiger partial charge in [0.05, 0.1) is 19.8 Å². The highest BCUT2D eigenvalue weighted by Gasteiger charge is 2.14. The standard InChI is InChI=1S/C12H16N4O2/c1-3-18-9-5-4-8(6-10(9)17-2)11(13)12-14-7-15-16-12/h4-7,11H,3,13H2,1-2H3,(H,14,15,16). The van der Waals surface area contributed by atoms with Gasteiger partial charge in [-0.25, -0.2) is 4.98 Å². The summed E-state index contributed by atoms with van der Waals surface area (Å²) in [7, 11) is 1.60. The average Bonchev–Trinajstić information content (AvgIpc) is 2.92. The van der Waals surface area contributed by atoms with Crippen molar-refractivity contribution in [3.63, 3.8) is 0 Å². The Morgan fingerprint density at radius 3 is 2.83 bits per heavy atom. The minimum Gasteiger partial charge on any atom is -0.493 e. The van der Waals surface area contributed by atoms with Crippen LogP contribution in [0.2, 0.25) is 0 Å².